The lowest BCUT2D eigenvalue weighted by Gasteiger charge is -2.37. The molecular weight excluding hydrogens is 268 g/mol. The molecule has 0 bridgehead atoms. The van der Waals surface area contributed by atoms with Crippen molar-refractivity contribution < 1.29 is 14.4 Å². The zero-order chi connectivity index (χ0) is 15.5. The van der Waals surface area contributed by atoms with Gasteiger partial charge in [0.05, 0.1) is 12.5 Å². The van der Waals surface area contributed by atoms with E-state index in [1.165, 1.54) is 6.42 Å². The third kappa shape index (κ3) is 3.83. The number of ether oxygens (including phenoxy) is 1. The molecule has 5 heteroatoms. The van der Waals surface area contributed by atoms with Crippen LogP contribution >= 0.6 is 0 Å². The van der Waals surface area contributed by atoms with Gasteiger partial charge in [0.1, 0.15) is 5.60 Å². The monoisotopic (exact) mass is 296 g/mol. The van der Waals surface area contributed by atoms with Crippen molar-refractivity contribution in [1.29, 1.82) is 0 Å². The smallest absolute Gasteiger partial charge is 0.229 e. The van der Waals surface area contributed by atoms with Crippen LogP contribution in [0.5, 0.6) is 0 Å². The first kappa shape index (κ1) is 16.4. The molecule has 120 valence electrons. The van der Waals surface area contributed by atoms with E-state index in [1.54, 1.807) is 0 Å². The van der Waals surface area contributed by atoms with Crippen LogP contribution in [0.3, 0.4) is 0 Å². The maximum atomic E-state index is 9.95. The first-order chi connectivity index (χ1) is 9.97. The predicted molar refractivity (Wildman–Crippen MR) is 79.8 cm³/mol. The summed E-state index contributed by atoms with van der Waals surface area (Å²) in [7, 11) is 0. The minimum absolute atomic E-state index is 0.177. The van der Waals surface area contributed by atoms with Crippen LogP contribution in [-0.2, 0) is 16.8 Å². The lowest BCUT2D eigenvalue weighted by atomic mass is 9.78. The van der Waals surface area contributed by atoms with Crippen molar-refractivity contribution in [3.8, 4) is 0 Å². The summed E-state index contributed by atoms with van der Waals surface area (Å²) in [5.41, 5.74) is -0.406. The minimum atomic E-state index is -0.452. The molecule has 1 aromatic heterocycles. The average Bonchev–Trinajstić information content (AvgIpc) is 2.88. The largest absolute Gasteiger partial charge is 0.392 e. The Bertz CT molecular complexity index is 442. The van der Waals surface area contributed by atoms with E-state index in [2.05, 4.69) is 17.1 Å². The molecule has 2 rings (SSSR count). The highest BCUT2D eigenvalue weighted by atomic mass is 16.5. The Morgan fingerprint density at radius 3 is 2.86 bits per heavy atom. The number of aliphatic hydroxyl groups is 1. The van der Waals surface area contributed by atoms with Crippen molar-refractivity contribution in [2.24, 2.45) is 11.8 Å². The maximum Gasteiger partial charge on any atom is 0.229 e. The van der Waals surface area contributed by atoms with Crippen LogP contribution in [0.1, 0.15) is 65.1 Å². The predicted octanol–water partition coefficient (Wildman–Crippen LogP) is 3.07. The van der Waals surface area contributed by atoms with E-state index in [4.69, 9.17) is 9.26 Å². The van der Waals surface area contributed by atoms with Gasteiger partial charge in [0, 0.05) is 6.61 Å². The molecule has 3 atom stereocenters. The van der Waals surface area contributed by atoms with Gasteiger partial charge < -0.3 is 14.4 Å². The summed E-state index contributed by atoms with van der Waals surface area (Å²) in [5.74, 6) is 1.94. The standard InChI is InChI=1S/C16H28N2O3/c1-5-20-16(8-6-7-12(4)10-16)15-17-14(21-18-15)9-13(19)11(2)3/h11-13,19H,5-10H2,1-4H3. The Hall–Kier alpha value is -0.940. The second kappa shape index (κ2) is 6.88. The molecule has 1 aliphatic carbocycles. The van der Waals surface area contributed by atoms with Gasteiger partial charge in [-0.05, 0) is 38.0 Å². The zero-order valence-corrected chi connectivity index (χ0v) is 13.6. The lowest BCUT2D eigenvalue weighted by molar-refractivity contribution is -0.0891. The van der Waals surface area contributed by atoms with Crippen LogP contribution in [0, 0.1) is 11.8 Å². The maximum absolute atomic E-state index is 9.95. The summed E-state index contributed by atoms with van der Waals surface area (Å²) in [5, 5.41) is 14.1. The molecule has 21 heavy (non-hydrogen) atoms. The summed E-state index contributed by atoms with van der Waals surface area (Å²) in [6.45, 7) is 8.85. The number of hydrogen-bond acceptors (Lipinski definition) is 5. The number of hydrogen-bond donors (Lipinski definition) is 1. The van der Waals surface area contributed by atoms with Crippen LogP contribution in [-0.4, -0.2) is 28.0 Å². The highest BCUT2D eigenvalue weighted by molar-refractivity contribution is 5.04. The van der Waals surface area contributed by atoms with E-state index in [0.29, 0.717) is 30.7 Å². The van der Waals surface area contributed by atoms with Crippen molar-refractivity contribution in [3.05, 3.63) is 11.7 Å². The van der Waals surface area contributed by atoms with Crippen LogP contribution in [0.4, 0.5) is 0 Å². The topological polar surface area (TPSA) is 68.4 Å². The molecule has 0 spiro atoms. The van der Waals surface area contributed by atoms with Crippen LogP contribution in [0.2, 0.25) is 0 Å². The van der Waals surface area contributed by atoms with Gasteiger partial charge in [-0.1, -0.05) is 32.3 Å². The Morgan fingerprint density at radius 2 is 2.24 bits per heavy atom. The Kier molecular flexibility index (Phi) is 5.38. The van der Waals surface area contributed by atoms with Crippen LogP contribution in [0.25, 0.3) is 0 Å². The van der Waals surface area contributed by atoms with Crippen molar-refractivity contribution >= 4 is 0 Å². The van der Waals surface area contributed by atoms with Crippen LogP contribution < -0.4 is 0 Å². The average molecular weight is 296 g/mol. The van der Waals surface area contributed by atoms with E-state index in [9.17, 15) is 5.11 Å². The van der Waals surface area contributed by atoms with Crippen molar-refractivity contribution in [1.82, 2.24) is 10.1 Å². The third-order valence-electron chi connectivity index (χ3n) is 4.41. The fourth-order valence-electron chi connectivity index (χ4n) is 3.12. The molecule has 0 radical (unpaired) electrons. The highest BCUT2D eigenvalue weighted by Crippen LogP contribution is 2.41. The Labute approximate surface area is 127 Å². The molecule has 1 N–H and O–H groups in total. The molecule has 1 heterocycles. The van der Waals surface area contributed by atoms with E-state index >= 15 is 0 Å². The summed E-state index contributed by atoms with van der Waals surface area (Å²) in [6, 6.07) is 0. The molecule has 0 amide bonds. The van der Waals surface area contributed by atoms with Gasteiger partial charge in [0.15, 0.2) is 0 Å². The number of aliphatic hydroxyl groups excluding tert-OH is 1. The molecule has 1 saturated carbocycles. The first-order valence-electron chi connectivity index (χ1n) is 8.12. The van der Waals surface area contributed by atoms with Crippen molar-refractivity contribution in [2.45, 2.75) is 71.5 Å². The van der Waals surface area contributed by atoms with E-state index < -0.39 is 11.7 Å². The molecule has 0 aliphatic heterocycles. The third-order valence-corrected chi connectivity index (χ3v) is 4.41. The van der Waals surface area contributed by atoms with Gasteiger partial charge >= 0.3 is 0 Å². The molecule has 5 nitrogen and oxygen atoms in total. The van der Waals surface area contributed by atoms with Crippen molar-refractivity contribution in [3.63, 3.8) is 0 Å². The van der Waals surface area contributed by atoms with Gasteiger partial charge in [-0.25, -0.2) is 0 Å². The van der Waals surface area contributed by atoms with E-state index in [1.807, 2.05) is 20.8 Å². The summed E-state index contributed by atoms with van der Waals surface area (Å²) in [4.78, 5) is 4.52. The Morgan fingerprint density at radius 1 is 1.48 bits per heavy atom. The SMILES string of the molecule is CCOC1(c2noc(CC(O)C(C)C)n2)CCCC(C)C1. The fourth-order valence-corrected chi connectivity index (χ4v) is 3.12. The summed E-state index contributed by atoms with van der Waals surface area (Å²) < 4.78 is 11.4. The fraction of sp³-hybridized carbons (Fsp3) is 0.875. The summed E-state index contributed by atoms with van der Waals surface area (Å²) in [6.07, 6.45) is 4.18. The molecule has 1 aliphatic rings. The van der Waals surface area contributed by atoms with Gasteiger partial charge in [0.2, 0.25) is 11.7 Å². The minimum Gasteiger partial charge on any atom is -0.392 e. The molecule has 3 unspecified atom stereocenters. The number of rotatable bonds is 6. The first-order valence-corrected chi connectivity index (χ1v) is 8.12. The number of aromatic nitrogens is 2. The summed E-state index contributed by atoms with van der Waals surface area (Å²) >= 11 is 0. The molecule has 0 aromatic carbocycles. The van der Waals surface area contributed by atoms with E-state index in [-0.39, 0.29) is 5.92 Å². The molecular formula is C16H28N2O3. The molecule has 0 saturated heterocycles. The van der Waals surface area contributed by atoms with Crippen LogP contribution in [0.15, 0.2) is 4.52 Å². The van der Waals surface area contributed by atoms with Gasteiger partial charge in [0.25, 0.3) is 0 Å². The van der Waals surface area contributed by atoms with Crippen molar-refractivity contribution in [2.75, 3.05) is 6.61 Å². The van der Waals surface area contributed by atoms with Gasteiger partial charge in [-0.3, -0.25) is 0 Å². The second-order valence-corrected chi connectivity index (χ2v) is 6.66. The zero-order valence-electron chi connectivity index (χ0n) is 13.6. The molecule has 1 fully saturated rings. The quantitative estimate of drug-likeness (QED) is 0.873. The van der Waals surface area contributed by atoms with Gasteiger partial charge in [-0.15, -0.1) is 0 Å². The highest BCUT2D eigenvalue weighted by Gasteiger charge is 2.41. The number of nitrogens with zero attached hydrogens (tertiary/aromatic N) is 2. The Balaban J connectivity index is 2.16. The normalized spacial score (nSPS) is 28.0. The molecule has 1 aromatic rings. The second-order valence-electron chi connectivity index (χ2n) is 6.66. The lowest BCUT2D eigenvalue weighted by Crippen LogP contribution is -2.36. The van der Waals surface area contributed by atoms with E-state index in [0.717, 1.165) is 19.3 Å². The van der Waals surface area contributed by atoms with Gasteiger partial charge in [-0.2, -0.15) is 4.98 Å².